The summed E-state index contributed by atoms with van der Waals surface area (Å²) in [6.45, 7) is 2.34. The monoisotopic (exact) mass is 471 g/mol. The molecular weight excluding hydrogens is 438 g/mol. The molecule has 1 aromatic carbocycles. The third-order valence-electron chi connectivity index (χ3n) is 7.09. The van der Waals surface area contributed by atoms with Crippen molar-refractivity contribution in [3.05, 3.63) is 76.2 Å². The lowest BCUT2D eigenvalue weighted by Crippen LogP contribution is -2.46. The summed E-state index contributed by atoms with van der Waals surface area (Å²) in [4.78, 5) is 37.7. The van der Waals surface area contributed by atoms with Crippen LogP contribution < -0.4 is 15.8 Å². The summed E-state index contributed by atoms with van der Waals surface area (Å²) >= 11 is 0. The van der Waals surface area contributed by atoms with Crippen LogP contribution in [0.2, 0.25) is 0 Å². The number of piperidine rings is 1. The molecule has 1 saturated heterocycles. The van der Waals surface area contributed by atoms with Gasteiger partial charge in [0.05, 0.1) is 12.5 Å². The van der Waals surface area contributed by atoms with Gasteiger partial charge in [-0.3, -0.25) is 14.2 Å². The second-order valence-electron chi connectivity index (χ2n) is 9.59. The molecule has 2 aliphatic rings. The fraction of sp³-hybridized carbons (Fsp3) is 0.429. The van der Waals surface area contributed by atoms with E-state index in [0.29, 0.717) is 36.6 Å². The summed E-state index contributed by atoms with van der Waals surface area (Å²) in [5.41, 5.74) is 3.60. The minimum absolute atomic E-state index is 0.0816. The van der Waals surface area contributed by atoms with Gasteiger partial charge in [0, 0.05) is 25.8 Å². The van der Waals surface area contributed by atoms with Crippen molar-refractivity contribution in [1.29, 1.82) is 0 Å². The van der Waals surface area contributed by atoms with E-state index < -0.39 is 0 Å². The zero-order chi connectivity index (χ0) is 24.0. The molecule has 0 bridgehead atoms. The number of carbonyl (C=O) groups excluding carboxylic acids is 1. The van der Waals surface area contributed by atoms with E-state index in [4.69, 9.17) is 4.98 Å². The van der Waals surface area contributed by atoms with Gasteiger partial charge in [-0.25, -0.2) is 9.97 Å². The number of benzene rings is 1. The second-order valence-corrected chi connectivity index (χ2v) is 9.59. The van der Waals surface area contributed by atoms with Crippen molar-refractivity contribution in [2.45, 2.75) is 51.5 Å². The summed E-state index contributed by atoms with van der Waals surface area (Å²) in [5, 5.41) is 3.14. The highest BCUT2D eigenvalue weighted by molar-refractivity contribution is 5.79. The van der Waals surface area contributed by atoms with E-state index in [0.717, 1.165) is 44.2 Å². The van der Waals surface area contributed by atoms with Gasteiger partial charge in [0.15, 0.2) is 11.5 Å². The fourth-order valence-corrected chi connectivity index (χ4v) is 5.19. The zero-order valence-electron chi connectivity index (χ0n) is 20.2. The van der Waals surface area contributed by atoms with Gasteiger partial charge in [-0.15, -0.1) is 0 Å². The van der Waals surface area contributed by atoms with Crippen LogP contribution in [-0.2, 0) is 11.3 Å². The molecule has 0 saturated carbocycles. The number of fused-ring (bicyclic) bond motifs is 1. The van der Waals surface area contributed by atoms with Crippen molar-refractivity contribution >= 4 is 22.9 Å². The Morgan fingerprint density at radius 3 is 2.80 bits per heavy atom. The number of amides is 1. The van der Waals surface area contributed by atoms with Crippen LogP contribution in [0, 0.1) is 5.92 Å². The largest absolute Gasteiger partial charge is 0.355 e. The smallest absolute Gasteiger partial charge is 0.295 e. The number of pyridine rings is 1. The molecule has 0 radical (unpaired) electrons. The molecular formula is C28H33N5O2. The highest BCUT2D eigenvalue weighted by Gasteiger charge is 2.28. The Hall–Kier alpha value is -3.48. The number of anilines is 1. The third-order valence-corrected chi connectivity index (χ3v) is 7.09. The van der Waals surface area contributed by atoms with Gasteiger partial charge in [-0.2, -0.15) is 0 Å². The van der Waals surface area contributed by atoms with E-state index in [2.05, 4.69) is 16.4 Å². The molecule has 1 aliphatic carbocycles. The average Bonchev–Trinajstić information content (AvgIpc) is 2.91. The lowest BCUT2D eigenvalue weighted by Gasteiger charge is -2.32. The van der Waals surface area contributed by atoms with Crippen molar-refractivity contribution in [3.63, 3.8) is 0 Å². The molecule has 2 aromatic heterocycles. The van der Waals surface area contributed by atoms with Crippen LogP contribution in [0.15, 0.2) is 65.1 Å². The van der Waals surface area contributed by atoms with Crippen molar-refractivity contribution in [1.82, 2.24) is 19.9 Å². The van der Waals surface area contributed by atoms with E-state index in [-0.39, 0.29) is 17.4 Å². The molecule has 3 heterocycles. The lowest BCUT2D eigenvalue weighted by atomic mass is 9.96. The first-order valence-electron chi connectivity index (χ1n) is 12.8. The number of carbonyl (C=O) groups is 1. The number of aromatic nitrogens is 3. The maximum absolute atomic E-state index is 13.6. The van der Waals surface area contributed by atoms with Crippen LogP contribution in [0.25, 0.3) is 11.2 Å². The van der Waals surface area contributed by atoms with Gasteiger partial charge >= 0.3 is 0 Å². The Bertz CT molecular complexity index is 1270. The summed E-state index contributed by atoms with van der Waals surface area (Å²) in [6.07, 6.45) is 11.5. The molecule has 1 aliphatic heterocycles. The van der Waals surface area contributed by atoms with Crippen LogP contribution >= 0.6 is 0 Å². The van der Waals surface area contributed by atoms with Crippen molar-refractivity contribution < 1.29 is 4.79 Å². The molecule has 0 spiro atoms. The van der Waals surface area contributed by atoms with Crippen LogP contribution in [-0.4, -0.2) is 40.1 Å². The van der Waals surface area contributed by atoms with E-state index in [1.54, 1.807) is 10.8 Å². The molecule has 7 heteroatoms. The number of allylic oxidation sites excluding steroid dienone is 1. The summed E-state index contributed by atoms with van der Waals surface area (Å²) < 4.78 is 1.70. The van der Waals surface area contributed by atoms with Crippen molar-refractivity contribution in [2.24, 2.45) is 5.92 Å². The molecule has 182 valence electrons. The van der Waals surface area contributed by atoms with Gasteiger partial charge < -0.3 is 10.2 Å². The number of hydrogen-bond acceptors (Lipinski definition) is 5. The maximum Gasteiger partial charge on any atom is 0.295 e. The van der Waals surface area contributed by atoms with Crippen LogP contribution in [0.5, 0.6) is 0 Å². The van der Waals surface area contributed by atoms with Crippen LogP contribution in [0.3, 0.4) is 0 Å². The Morgan fingerprint density at radius 2 is 1.97 bits per heavy atom. The second kappa shape index (κ2) is 10.8. The Labute approximate surface area is 205 Å². The molecule has 1 atom stereocenters. The van der Waals surface area contributed by atoms with Crippen LogP contribution in [0.4, 0.5) is 5.82 Å². The molecule has 0 unspecified atom stereocenters. The Balaban J connectivity index is 1.33. The molecule has 35 heavy (non-hydrogen) atoms. The number of rotatable bonds is 7. The molecule has 1 fully saturated rings. The van der Waals surface area contributed by atoms with Gasteiger partial charge in [-0.05, 0) is 62.6 Å². The minimum atomic E-state index is -0.162. The predicted molar refractivity (Wildman–Crippen MR) is 138 cm³/mol. The van der Waals surface area contributed by atoms with Crippen LogP contribution in [0.1, 0.15) is 50.5 Å². The first-order valence-corrected chi connectivity index (χ1v) is 12.8. The molecule has 1 N–H and O–H groups in total. The number of nitrogens with zero attached hydrogens (tertiary/aromatic N) is 4. The third kappa shape index (κ3) is 5.45. The Morgan fingerprint density at radius 1 is 1.09 bits per heavy atom. The quantitative estimate of drug-likeness (QED) is 0.526. The van der Waals surface area contributed by atoms with E-state index >= 15 is 0 Å². The molecule has 1 amide bonds. The molecule has 3 aromatic rings. The van der Waals surface area contributed by atoms with E-state index in [1.165, 1.54) is 18.4 Å². The normalized spacial score (nSPS) is 18.3. The van der Waals surface area contributed by atoms with Gasteiger partial charge in [0.1, 0.15) is 5.52 Å². The number of hydrogen-bond donors (Lipinski definition) is 1. The van der Waals surface area contributed by atoms with E-state index in [1.807, 2.05) is 47.4 Å². The predicted octanol–water partition coefficient (Wildman–Crippen LogP) is 4.06. The number of nitrogens with one attached hydrogen (secondary N) is 1. The zero-order valence-corrected chi connectivity index (χ0v) is 20.2. The first kappa shape index (κ1) is 23.3. The van der Waals surface area contributed by atoms with Crippen molar-refractivity contribution in [2.75, 3.05) is 24.5 Å². The average molecular weight is 472 g/mol. The minimum Gasteiger partial charge on any atom is -0.355 e. The lowest BCUT2D eigenvalue weighted by molar-refractivity contribution is -0.125. The maximum atomic E-state index is 13.6. The Kier molecular flexibility index (Phi) is 7.21. The molecule has 7 nitrogen and oxygen atoms in total. The summed E-state index contributed by atoms with van der Waals surface area (Å²) in [5.74, 6) is 0.349. The SMILES string of the molecule is O=C(NCCC1=CCCCC1)[C@@H]1CCCN(c2nc3cccnc3n(Cc3ccccc3)c2=O)C1. The topological polar surface area (TPSA) is 80.1 Å². The molecule has 5 rings (SSSR count). The summed E-state index contributed by atoms with van der Waals surface area (Å²) in [7, 11) is 0. The van der Waals surface area contributed by atoms with Crippen molar-refractivity contribution in [3.8, 4) is 0 Å². The highest BCUT2D eigenvalue weighted by Crippen LogP contribution is 2.23. The standard InChI is InChI=1S/C28H33N5O2/c34-27(30-17-15-21-9-3-1-4-10-21)23-13-8-18-32(20-23)26-28(35)33(19-22-11-5-2-6-12-22)25-24(31-26)14-7-16-29-25/h2,5-7,9,11-12,14,16,23H,1,3-4,8,10,13,15,17-20H2,(H,30,34)/t23-/m1/s1. The van der Waals surface area contributed by atoms with E-state index in [9.17, 15) is 9.59 Å². The first-order chi connectivity index (χ1) is 17.2. The van der Waals surface area contributed by atoms with Gasteiger partial charge in [0.25, 0.3) is 5.56 Å². The highest BCUT2D eigenvalue weighted by atomic mass is 16.2. The van der Waals surface area contributed by atoms with Gasteiger partial charge in [-0.1, -0.05) is 42.0 Å². The summed E-state index contributed by atoms with van der Waals surface area (Å²) in [6, 6.07) is 13.6. The van der Waals surface area contributed by atoms with Gasteiger partial charge in [0.2, 0.25) is 5.91 Å². The fourth-order valence-electron chi connectivity index (χ4n) is 5.19.